The summed E-state index contributed by atoms with van der Waals surface area (Å²) in [6, 6.07) is 0.0927. The van der Waals surface area contributed by atoms with Crippen LogP contribution in [0.4, 0.5) is 0 Å². The number of nitrogens with one attached hydrogen (secondary N) is 2. The molecule has 0 saturated carbocycles. The fourth-order valence-corrected chi connectivity index (χ4v) is 1.27. The van der Waals surface area contributed by atoms with Crippen LogP contribution in [0, 0.1) is 6.42 Å². The third kappa shape index (κ3) is 5.84. The van der Waals surface area contributed by atoms with Crippen LogP contribution in [0.3, 0.4) is 0 Å². The van der Waals surface area contributed by atoms with Crippen molar-refractivity contribution >= 4 is 10.8 Å². The summed E-state index contributed by atoms with van der Waals surface area (Å²) in [5.41, 5.74) is 0. The molecule has 1 rings (SSSR count). The van der Waals surface area contributed by atoms with Crippen molar-refractivity contribution in [2.45, 2.75) is 12.5 Å². The molecule has 1 heterocycles. The summed E-state index contributed by atoms with van der Waals surface area (Å²) in [4.78, 5) is 0. The Morgan fingerprint density at radius 3 is 3.00 bits per heavy atom. The van der Waals surface area contributed by atoms with E-state index < -0.39 is 10.8 Å². The molecule has 60 valence electrons. The molecule has 0 amide bonds. The molecule has 0 bridgehead atoms. The van der Waals surface area contributed by atoms with Gasteiger partial charge in [-0.1, -0.05) is 0 Å². The van der Waals surface area contributed by atoms with Gasteiger partial charge in [0.15, 0.2) is 1.12 Å². The quantitative estimate of drug-likeness (QED) is 0.351. The van der Waals surface area contributed by atoms with Crippen molar-refractivity contribution in [2.24, 2.45) is 0 Å². The van der Waals surface area contributed by atoms with Crippen LogP contribution in [0.25, 0.3) is 0 Å². The van der Waals surface area contributed by atoms with E-state index in [4.69, 9.17) is 1.12 Å². The number of hydrogen-bond acceptors (Lipinski definition) is 3. The van der Waals surface area contributed by atoms with E-state index in [1.807, 2.05) is 6.42 Å². The minimum Gasteiger partial charge on any atom is -0.344 e. The summed E-state index contributed by atoms with van der Waals surface area (Å²) < 4.78 is 29.2. The molecule has 4 nitrogen and oxygen atoms in total. The Balaban J connectivity index is 0.00000121. The van der Waals surface area contributed by atoms with Crippen molar-refractivity contribution in [1.82, 2.24) is 10.0 Å². The fourth-order valence-electron chi connectivity index (χ4n) is 0.950. The molecule has 0 spiro atoms. The molecule has 1 unspecified atom stereocenters. The van der Waals surface area contributed by atoms with Gasteiger partial charge in [0.25, 0.3) is 0 Å². The summed E-state index contributed by atoms with van der Waals surface area (Å²) in [6.07, 6.45) is 2.96. The Morgan fingerprint density at radius 1 is 1.82 bits per heavy atom. The van der Waals surface area contributed by atoms with Crippen LogP contribution in [-0.2, 0) is 10.8 Å². The molecule has 0 aliphatic carbocycles. The number of rotatable bonds is 3. The van der Waals surface area contributed by atoms with E-state index in [1.54, 1.807) is 0 Å². The normalized spacial score (nSPS) is 25.8. The average molecular weight is 251 g/mol. The van der Waals surface area contributed by atoms with E-state index in [-0.39, 0.29) is 70.8 Å². The molecule has 1 atom stereocenters. The van der Waals surface area contributed by atoms with E-state index in [2.05, 4.69) is 10.0 Å². The SMILES string of the molecule is [3H]S(=O)(=O)NCC1[CH-]CCN1.[Rb+]. The summed E-state index contributed by atoms with van der Waals surface area (Å²) in [5.74, 6) is 0. The maximum Gasteiger partial charge on any atom is 1.00 e. The first kappa shape index (κ1) is 10.8. The first-order valence-electron chi connectivity index (χ1n) is 3.59. The smallest absolute Gasteiger partial charge is 0.344 e. The summed E-state index contributed by atoms with van der Waals surface area (Å²) in [6.45, 7) is 1.18. The summed E-state index contributed by atoms with van der Waals surface area (Å²) in [5, 5.41) is 3.06. The van der Waals surface area contributed by atoms with Gasteiger partial charge in [-0.25, -0.2) is 13.1 Å². The molecular formula is C5H11N2O2RbS. The minimum absolute atomic E-state index is 0. The zero-order valence-corrected chi connectivity index (χ0v) is 12.2. The summed E-state index contributed by atoms with van der Waals surface area (Å²) in [7, 11) is -3.77. The van der Waals surface area contributed by atoms with Gasteiger partial charge in [0.05, 0.1) is 0 Å². The second kappa shape index (κ2) is 7.11. The van der Waals surface area contributed by atoms with Crippen LogP contribution in [0.2, 0.25) is 0 Å². The third-order valence-corrected chi connectivity index (χ3v) is 1.83. The molecular weight excluding hydrogens is 238 g/mol. The van der Waals surface area contributed by atoms with E-state index in [9.17, 15) is 8.42 Å². The zero-order valence-electron chi connectivity index (χ0n) is 7.50. The fraction of sp³-hybridized carbons (Fsp3) is 0.800. The topological polar surface area (TPSA) is 58.2 Å². The monoisotopic (exact) mass is 250 g/mol. The largest absolute Gasteiger partial charge is 1.00 e. The van der Waals surface area contributed by atoms with Gasteiger partial charge in [-0.2, -0.15) is 6.42 Å². The summed E-state index contributed by atoms with van der Waals surface area (Å²) >= 11 is 0. The van der Waals surface area contributed by atoms with E-state index in [0.29, 0.717) is 0 Å². The van der Waals surface area contributed by atoms with Crippen LogP contribution >= 0.6 is 0 Å². The molecule has 1 aliphatic heterocycles. The van der Waals surface area contributed by atoms with Crippen LogP contribution in [0.5, 0.6) is 0 Å². The Bertz CT molecular complexity index is 215. The third-order valence-electron chi connectivity index (χ3n) is 1.42. The molecule has 2 N–H and O–H groups in total. The van der Waals surface area contributed by atoms with E-state index >= 15 is 0 Å². The maximum atomic E-state index is 10.3. The molecule has 0 aromatic carbocycles. The van der Waals surface area contributed by atoms with Gasteiger partial charge in [0.1, 0.15) is 0 Å². The predicted molar refractivity (Wildman–Crippen MR) is 39.0 cm³/mol. The maximum absolute atomic E-state index is 10.3. The molecule has 0 aromatic rings. The van der Waals surface area contributed by atoms with Crippen LogP contribution in [-0.4, -0.2) is 28.7 Å². The standard InChI is InChI=1S/C5H11N2O2S.Rb/c8-10(9)7-4-5-2-1-3-6-5;/h2,5-6,10H,1,3-4H2,(H,7,8,9);/q-1;+1/i10T;. The molecule has 0 aromatic heterocycles. The van der Waals surface area contributed by atoms with Gasteiger partial charge in [0, 0.05) is 0 Å². The van der Waals surface area contributed by atoms with Crippen molar-refractivity contribution in [3.8, 4) is 0 Å². The zero-order chi connectivity index (χ0) is 8.32. The van der Waals surface area contributed by atoms with Crippen molar-refractivity contribution in [2.75, 3.05) is 13.1 Å². The Morgan fingerprint density at radius 2 is 2.55 bits per heavy atom. The average Bonchev–Trinajstić information content (AvgIpc) is 2.32. The molecule has 11 heavy (non-hydrogen) atoms. The van der Waals surface area contributed by atoms with Crippen molar-refractivity contribution in [3.05, 3.63) is 6.42 Å². The molecule has 1 aliphatic rings. The van der Waals surface area contributed by atoms with Gasteiger partial charge in [-0.15, -0.1) is 6.04 Å². The molecule has 6 heteroatoms. The van der Waals surface area contributed by atoms with Gasteiger partial charge in [-0.05, 0) is 13.1 Å². The van der Waals surface area contributed by atoms with Crippen LogP contribution < -0.4 is 68.2 Å². The second-order valence-electron chi connectivity index (χ2n) is 2.17. The minimum atomic E-state index is -3.77. The first-order chi connectivity index (χ1) is 5.08. The Kier molecular flexibility index (Phi) is 6.96. The van der Waals surface area contributed by atoms with E-state index in [0.717, 1.165) is 13.0 Å². The van der Waals surface area contributed by atoms with Gasteiger partial charge < -0.3 is 11.7 Å². The van der Waals surface area contributed by atoms with Gasteiger partial charge in [0.2, 0.25) is 10.8 Å². The van der Waals surface area contributed by atoms with Gasteiger partial charge in [-0.3, -0.25) is 0 Å². The molecule has 1 saturated heterocycles. The predicted octanol–water partition coefficient (Wildman–Crippen LogP) is -4.33. The van der Waals surface area contributed by atoms with Crippen molar-refractivity contribution in [1.29, 1.82) is 1.12 Å². The van der Waals surface area contributed by atoms with Crippen molar-refractivity contribution in [3.63, 3.8) is 0 Å². The van der Waals surface area contributed by atoms with Crippen LogP contribution in [0.1, 0.15) is 6.42 Å². The van der Waals surface area contributed by atoms with Crippen molar-refractivity contribution < 1.29 is 66.6 Å². The van der Waals surface area contributed by atoms with Gasteiger partial charge >= 0.3 is 58.2 Å². The molecule has 0 radical (unpaired) electrons. The Labute approximate surface area is 118 Å². The Hall–Kier alpha value is 1.68. The number of thiol groups is 1. The molecule has 1 fully saturated rings. The van der Waals surface area contributed by atoms with E-state index in [1.165, 1.54) is 0 Å². The van der Waals surface area contributed by atoms with Crippen LogP contribution in [0.15, 0.2) is 0 Å². The second-order valence-corrected chi connectivity index (χ2v) is 2.93. The first-order valence-corrected chi connectivity index (χ1v) is 4.26. The number of hydrogen-bond donors (Lipinski definition) is 3.